The van der Waals surface area contributed by atoms with Crippen LogP contribution in [0, 0.1) is 45.8 Å². The van der Waals surface area contributed by atoms with E-state index >= 15 is 0 Å². The highest BCUT2D eigenvalue weighted by atomic mass is 35.5. The third-order valence-corrected chi connectivity index (χ3v) is 11.7. The van der Waals surface area contributed by atoms with Crippen LogP contribution in [0.25, 0.3) is 0 Å². The van der Waals surface area contributed by atoms with Crippen molar-refractivity contribution < 1.29 is 43.5 Å². The number of methoxy groups -OCH3 is 1. The summed E-state index contributed by atoms with van der Waals surface area (Å²) in [5, 5.41) is 22.5. The second-order valence-corrected chi connectivity index (χ2v) is 13.8. The Balaban J connectivity index is 1.49. The summed E-state index contributed by atoms with van der Waals surface area (Å²) >= 11 is 5.73. The van der Waals surface area contributed by atoms with Crippen LogP contribution in [0.4, 0.5) is 0 Å². The number of aliphatic hydroxyl groups excluding tert-OH is 1. The number of aliphatic carboxylic acids is 1. The minimum Gasteiger partial charge on any atom is -0.481 e. The molecule has 0 aromatic rings. The summed E-state index contributed by atoms with van der Waals surface area (Å²) in [5.41, 5.74) is -2.44. The quantitative estimate of drug-likeness (QED) is 0.157. The Kier molecular flexibility index (Phi) is 8.44. The maximum atomic E-state index is 13.6. The summed E-state index contributed by atoms with van der Waals surface area (Å²) in [4.78, 5) is 39.3. The fourth-order valence-corrected chi connectivity index (χ4v) is 10.0. The SMILES string of the molecule is CO[C@H]1[C@@H](OC(=O)CCCCl)[C@H](O)[C@H](OCC23CC4C(C)CCC4C4(C=O)CC2C=C(C(C)C)C43C(=O)O)O[C@@H]1C. The fourth-order valence-electron chi connectivity index (χ4n) is 9.87. The predicted octanol–water partition coefficient (Wildman–Crippen LogP) is 3.98. The molecule has 7 unspecified atom stereocenters. The molecule has 4 bridgehead atoms. The molecule has 1 saturated heterocycles. The minimum absolute atomic E-state index is 0.00122. The molecule has 12 atom stereocenters. The monoisotopic (exact) mass is 596 g/mol. The first kappa shape index (κ1) is 30.9. The number of fused-ring (bicyclic) bond motifs is 2. The normalized spacial score (nSPS) is 46.3. The number of aliphatic hydroxyl groups is 1. The standard InChI is InChI=1S/C31H45ClO9/c1-16(2)22-11-19-12-29(14-33)21-9-8-17(3)20(21)13-30(19,31(22,29)28(36)37)15-39-27-24(35)26(25(38-5)18(4)40-27)41-23(34)7-6-10-32/h11,14,16-21,24-27,35H,6-10,12-13,15H2,1-5H3,(H,36,37)/t17?,18-,19?,20?,21?,24+,25-,26+,27-,29?,30?,31?/m1/s1. The van der Waals surface area contributed by atoms with Gasteiger partial charge >= 0.3 is 11.9 Å². The average Bonchev–Trinajstić information content (AvgIpc) is 3.50. The summed E-state index contributed by atoms with van der Waals surface area (Å²) in [6.07, 6.45) is 1.73. The van der Waals surface area contributed by atoms with E-state index in [-0.39, 0.29) is 36.7 Å². The molecule has 230 valence electrons. The maximum Gasteiger partial charge on any atom is 0.315 e. The second kappa shape index (κ2) is 11.2. The van der Waals surface area contributed by atoms with E-state index in [1.165, 1.54) is 7.11 Å². The van der Waals surface area contributed by atoms with Gasteiger partial charge in [0, 0.05) is 24.8 Å². The van der Waals surface area contributed by atoms with Gasteiger partial charge in [0.25, 0.3) is 0 Å². The number of esters is 1. The number of alkyl halides is 1. The molecule has 0 aromatic heterocycles. The molecule has 0 aromatic carbocycles. The first-order valence-electron chi connectivity index (χ1n) is 15.1. The van der Waals surface area contributed by atoms with Crippen LogP contribution in [0.5, 0.6) is 0 Å². The van der Waals surface area contributed by atoms with Crippen LogP contribution < -0.4 is 0 Å². The average molecular weight is 597 g/mol. The number of aldehydes is 1. The molecule has 0 amide bonds. The number of halogens is 1. The smallest absolute Gasteiger partial charge is 0.315 e. The zero-order valence-corrected chi connectivity index (χ0v) is 25.5. The highest BCUT2D eigenvalue weighted by Gasteiger charge is 2.84. The summed E-state index contributed by atoms with van der Waals surface area (Å²) < 4.78 is 23.7. The van der Waals surface area contributed by atoms with E-state index in [1.807, 2.05) is 13.8 Å². The molecule has 1 aliphatic heterocycles. The third kappa shape index (κ3) is 4.20. The van der Waals surface area contributed by atoms with Crippen LogP contribution in [0.15, 0.2) is 11.6 Å². The molecule has 4 fully saturated rings. The number of carboxylic acid groups (broad SMARTS) is 1. The molecule has 2 N–H and O–H groups in total. The molecule has 3 saturated carbocycles. The van der Waals surface area contributed by atoms with Gasteiger partial charge in [-0.2, -0.15) is 0 Å². The van der Waals surface area contributed by atoms with Crippen LogP contribution in [0.1, 0.15) is 66.2 Å². The van der Waals surface area contributed by atoms with Crippen molar-refractivity contribution in [1.82, 2.24) is 0 Å². The number of carboxylic acids is 1. The lowest BCUT2D eigenvalue weighted by molar-refractivity contribution is -0.309. The molecule has 5 rings (SSSR count). The van der Waals surface area contributed by atoms with Crippen LogP contribution in [0.2, 0.25) is 0 Å². The summed E-state index contributed by atoms with van der Waals surface area (Å²) in [7, 11) is 1.46. The van der Waals surface area contributed by atoms with E-state index in [9.17, 15) is 24.6 Å². The number of carbonyl (C=O) groups excluding carboxylic acids is 2. The molecule has 5 aliphatic rings. The molecular formula is C31H45ClO9. The topological polar surface area (TPSA) is 129 Å². The number of allylic oxidation sites excluding steroid dienone is 1. The van der Waals surface area contributed by atoms with E-state index in [0.717, 1.165) is 24.7 Å². The lowest BCUT2D eigenvalue weighted by Gasteiger charge is -2.58. The Hall–Kier alpha value is -1.52. The molecule has 41 heavy (non-hydrogen) atoms. The van der Waals surface area contributed by atoms with Gasteiger partial charge < -0.3 is 34.0 Å². The Morgan fingerprint density at radius 3 is 2.56 bits per heavy atom. The molecule has 1 heterocycles. The third-order valence-electron chi connectivity index (χ3n) is 11.4. The molecular weight excluding hydrogens is 552 g/mol. The molecule has 10 heteroatoms. The van der Waals surface area contributed by atoms with Crippen LogP contribution in [0.3, 0.4) is 0 Å². The number of ether oxygens (including phenoxy) is 4. The van der Waals surface area contributed by atoms with Crippen molar-refractivity contribution >= 4 is 29.8 Å². The van der Waals surface area contributed by atoms with Crippen molar-refractivity contribution in [2.45, 2.75) is 96.9 Å². The van der Waals surface area contributed by atoms with Crippen molar-refractivity contribution in [3.8, 4) is 0 Å². The van der Waals surface area contributed by atoms with Gasteiger partial charge in [-0.15, -0.1) is 11.6 Å². The van der Waals surface area contributed by atoms with Gasteiger partial charge in [-0.1, -0.05) is 38.8 Å². The fraction of sp³-hybridized carbons (Fsp3) is 0.839. The van der Waals surface area contributed by atoms with E-state index in [2.05, 4.69) is 13.0 Å². The summed E-state index contributed by atoms with van der Waals surface area (Å²) in [5.74, 6) is -0.749. The molecule has 9 nitrogen and oxygen atoms in total. The van der Waals surface area contributed by atoms with Gasteiger partial charge in [0.2, 0.25) is 0 Å². The van der Waals surface area contributed by atoms with Gasteiger partial charge in [0.15, 0.2) is 12.4 Å². The zero-order chi connectivity index (χ0) is 29.9. The number of hydrogen-bond acceptors (Lipinski definition) is 8. The Morgan fingerprint density at radius 2 is 1.95 bits per heavy atom. The highest BCUT2D eigenvalue weighted by molar-refractivity contribution is 6.17. The largest absolute Gasteiger partial charge is 0.481 e. The predicted molar refractivity (Wildman–Crippen MR) is 149 cm³/mol. The van der Waals surface area contributed by atoms with E-state index in [4.69, 9.17) is 30.5 Å². The number of rotatable bonds is 11. The van der Waals surface area contributed by atoms with Crippen molar-refractivity contribution in [1.29, 1.82) is 0 Å². The van der Waals surface area contributed by atoms with Gasteiger partial charge in [-0.3, -0.25) is 9.59 Å². The van der Waals surface area contributed by atoms with Gasteiger partial charge in [-0.25, -0.2) is 0 Å². The lowest BCUT2D eigenvalue weighted by atomic mass is 9.43. The molecule has 4 aliphatic carbocycles. The van der Waals surface area contributed by atoms with Crippen molar-refractivity contribution in [2.75, 3.05) is 19.6 Å². The zero-order valence-electron chi connectivity index (χ0n) is 24.7. The maximum absolute atomic E-state index is 13.6. The van der Waals surface area contributed by atoms with Crippen molar-refractivity contribution in [3.05, 3.63) is 11.6 Å². The summed E-state index contributed by atoms with van der Waals surface area (Å²) in [6.45, 7) is 7.96. The van der Waals surface area contributed by atoms with E-state index in [1.54, 1.807) is 6.92 Å². The van der Waals surface area contributed by atoms with E-state index in [0.29, 0.717) is 31.1 Å². The van der Waals surface area contributed by atoms with E-state index < -0.39 is 58.9 Å². The highest BCUT2D eigenvalue weighted by Crippen LogP contribution is 2.82. The second-order valence-electron chi connectivity index (χ2n) is 13.4. The number of carbonyl (C=O) groups is 3. The van der Waals surface area contributed by atoms with Crippen LogP contribution >= 0.6 is 11.6 Å². The number of hydrogen-bond donors (Lipinski definition) is 2. The van der Waals surface area contributed by atoms with Gasteiger partial charge in [0.1, 0.15) is 23.9 Å². The molecule has 0 spiro atoms. The molecule has 0 radical (unpaired) electrons. The first-order valence-corrected chi connectivity index (χ1v) is 15.6. The van der Waals surface area contributed by atoms with Crippen molar-refractivity contribution in [2.24, 2.45) is 45.8 Å². The first-order chi connectivity index (χ1) is 19.4. The van der Waals surface area contributed by atoms with Gasteiger partial charge in [0.05, 0.1) is 18.1 Å². The Bertz CT molecular complexity index is 1080. The van der Waals surface area contributed by atoms with Crippen LogP contribution in [-0.2, 0) is 33.3 Å². The van der Waals surface area contributed by atoms with Crippen LogP contribution in [-0.4, -0.2) is 78.7 Å². The minimum atomic E-state index is -1.39. The Morgan fingerprint density at radius 1 is 1.22 bits per heavy atom. The lowest BCUT2D eigenvalue weighted by Crippen LogP contribution is -2.64. The summed E-state index contributed by atoms with van der Waals surface area (Å²) in [6, 6.07) is 0. The Labute approximate surface area is 247 Å². The van der Waals surface area contributed by atoms with Crippen molar-refractivity contribution in [3.63, 3.8) is 0 Å². The van der Waals surface area contributed by atoms with Gasteiger partial charge in [-0.05, 0) is 62.2 Å².